The standard InChI is InChI=1S/C27H45NO2/c1-17(2)8-7-9-18(3)19-10-11-20-25-21(12-14-26(19,20)4)27(5)15-13-24(30)28(6)23(27)16-22(25)29/h17-21,23,25H,7-16H2,1-6H3/t18?,19?,20?,21?,23?,25?,26?,27-/m1/s1. The lowest BCUT2D eigenvalue weighted by molar-refractivity contribution is -0.167. The van der Waals surface area contributed by atoms with E-state index in [2.05, 4.69) is 34.6 Å². The molecule has 0 radical (unpaired) electrons. The first kappa shape index (κ1) is 22.3. The maximum Gasteiger partial charge on any atom is 0.222 e. The number of rotatable bonds is 5. The van der Waals surface area contributed by atoms with Crippen LogP contribution in [-0.2, 0) is 9.59 Å². The predicted molar refractivity (Wildman–Crippen MR) is 122 cm³/mol. The molecule has 1 heterocycles. The first-order chi connectivity index (χ1) is 14.1. The Bertz CT molecular complexity index is 686. The second-order valence-electron chi connectivity index (χ2n) is 12.5. The number of amides is 1. The van der Waals surface area contributed by atoms with Crippen LogP contribution in [0.15, 0.2) is 0 Å². The molecule has 0 spiro atoms. The minimum Gasteiger partial charge on any atom is -0.342 e. The third-order valence-corrected chi connectivity index (χ3v) is 10.6. The summed E-state index contributed by atoms with van der Waals surface area (Å²) in [6.07, 6.45) is 11.3. The number of carbonyl (C=O) groups excluding carboxylic acids is 2. The van der Waals surface area contributed by atoms with Gasteiger partial charge in [-0.25, -0.2) is 0 Å². The molecule has 30 heavy (non-hydrogen) atoms. The van der Waals surface area contributed by atoms with Gasteiger partial charge in [0.05, 0.1) is 0 Å². The highest BCUT2D eigenvalue weighted by Gasteiger charge is 2.63. The zero-order valence-corrected chi connectivity index (χ0v) is 20.4. The Morgan fingerprint density at radius 1 is 0.967 bits per heavy atom. The molecule has 0 aromatic carbocycles. The van der Waals surface area contributed by atoms with Crippen molar-refractivity contribution in [1.82, 2.24) is 4.90 Å². The van der Waals surface area contributed by atoms with Crippen LogP contribution < -0.4 is 0 Å². The van der Waals surface area contributed by atoms with E-state index < -0.39 is 0 Å². The van der Waals surface area contributed by atoms with Crippen LogP contribution in [0.1, 0.15) is 98.8 Å². The molecular weight excluding hydrogens is 370 g/mol. The second-order valence-corrected chi connectivity index (χ2v) is 12.5. The largest absolute Gasteiger partial charge is 0.342 e. The number of carbonyl (C=O) groups is 2. The third kappa shape index (κ3) is 3.37. The number of fused-ring (bicyclic) bond motifs is 5. The summed E-state index contributed by atoms with van der Waals surface area (Å²) >= 11 is 0. The first-order valence-electron chi connectivity index (χ1n) is 12.9. The van der Waals surface area contributed by atoms with Crippen LogP contribution in [0.4, 0.5) is 0 Å². The van der Waals surface area contributed by atoms with E-state index in [9.17, 15) is 9.59 Å². The van der Waals surface area contributed by atoms with Gasteiger partial charge in [-0.3, -0.25) is 9.59 Å². The van der Waals surface area contributed by atoms with Gasteiger partial charge in [-0.15, -0.1) is 0 Å². The van der Waals surface area contributed by atoms with Gasteiger partial charge < -0.3 is 4.90 Å². The van der Waals surface area contributed by atoms with Crippen molar-refractivity contribution in [1.29, 1.82) is 0 Å². The Balaban J connectivity index is 1.54. The summed E-state index contributed by atoms with van der Waals surface area (Å²) in [7, 11) is 1.94. The number of likely N-dealkylation sites (tertiary alicyclic amines) is 1. The number of nitrogens with zero attached hydrogens (tertiary/aromatic N) is 1. The van der Waals surface area contributed by atoms with E-state index in [0.29, 0.717) is 35.9 Å². The van der Waals surface area contributed by atoms with Gasteiger partial charge in [0.15, 0.2) is 0 Å². The molecular formula is C27H45NO2. The van der Waals surface area contributed by atoms with Crippen LogP contribution in [0.25, 0.3) is 0 Å². The lowest BCUT2D eigenvalue weighted by Gasteiger charge is -2.61. The predicted octanol–water partition coefficient (Wildman–Crippen LogP) is 6.11. The average molecular weight is 416 g/mol. The molecule has 1 saturated heterocycles. The molecule has 1 amide bonds. The van der Waals surface area contributed by atoms with E-state index in [1.807, 2.05) is 11.9 Å². The minimum absolute atomic E-state index is 0.129. The van der Waals surface area contributed by atoms with E-state index in [1.54, 1.807) is 0 Å². The number of ketones is 1. The lowest BCUT2D eigenvalue weighted by atomic mass is 9.46. The fraction of sp³-hybridized carbons (Fsp3) is 0.926. The van der Waals surface area contributed by atoms with E-state index in [1.165, 1.54) is 44.9 Å². The quantitative estimate of drug-likeness (QED) is 0.543. The Labute approximate surface area is 184 Å². The van der Waals surface area contributed by atoms with Crippen LogP contribution in [-0.4, -0.2) is 29.7 Å². The lowest BCUT2D eigenvalue weighted by Crippen LogP contribution is -2.64. The number of Topliss-reactive ketones (excluding diaryl/α,β-unsaturated/α-hetero) is 1. The number of hydrogen-bond acceptors (Lipinski definition) is 2. The van der Waals surface area contributed by atoms with Crippen molar-refractivity contribution in [3.8, 4) is 0 Å². The van der Waals surface area contributed by atoms with Crippen molar-refractivity contribution >= 4 is 11.7 Å². The van der Waals surface area contributed by atoms with Crippen LogP contribution in [0.3, 0.4) is 0 Å². The van der Waals surface area contributed by atoms with Crippen molar-refractivity contribution < 1.29 is 9.59 Å². The summed E-state index contributed by atoms with van der Waals surface area (Å²) in [5.41, 5.74) is 0.469. The van der Waals surface area contributed by atoms with Gasteiger partial charge in [-0.1, -0.05) is 53.9 Å². The molecule has 8 atom stereocenters. The highest BCUT2D eigenvalue weighted by atomic mass is 16.2. The van der Waals surface area contributed by atoms with Gasteiger partial charge in [0.1, 0.15) is 5.78 Å². The molecule has 4 fully saturated rings. The van der Waals surface area contributed by atoms with E-state index in [0.717, 1.165) is 24.2 Å². The smallest absolute Gasteiger partial charge is 0.222 e. The molecule has 3 nitrogen and oxygen atoms in total. The molecule has 0 bridgehead atoms. The van der Waals surface area contributed by atoms with Gasteiger partial charge in [0.25, 0.3) is 0 Å². The van der Waals surface area contributed by atoms with E-state index in [4.69, 9.17) is 0 Å². The SMILES string of the molecule is CC(C)CCCC(C)C1CCC2C3C(=O)CC4N(C)C(=O)CC[C@]4(C)C3CCC12C. The molecule has 0 aromatic heterocycles. The summed E-state index contributed by atoms with van der Waals surface area (Å²) in [6, 6.07) is 0.129. The summed E-state index contributed by atoms with van der Waals surface area (Å²) in [4.78, 5) is 27.8. The second kappa shape index (κ2) is 7.93. The molecule has 170 valence electrons. The van der Waals surface area contributed by atoms with Crippen molar-refractivity contribution in [2.24, 2.45) is 46.3 Å². The number of hydrogen-bond donors (Lipinski definition) is 0. The Morgan fingerprint density at radius 2 is 1.67 bits per heavy atom. The Morgan fingerprint density at radius 3 is 2.37 bits per heavy atom. The van der Waals surface area contributed by atoms with Gasteiger partial charge in [0.2, 0.25) is 5.91 Å². The summed E-state index contributed by atoms with van der Waals surface area (Å²) in [5.74, 6) is 4.37. The van der Waals surface area contributed by atoms with Crippen molar-refractivity contribution in [3.05, 3.63) is 0 Å². The van der Waals surface area contributed by atoms with Gasteiger partial charge in [-0.05, 0) is 72.5 Å². The zero-order valence-electron chi connectivity index (χ0n) is 20.4. The molecule has 3 aliphatic carbocycles. The maximum atomic E-state index is 13.5. The van der Waals surface area contributed by atoms with Crippen LogP contribution in [0, 0.1) is 46.3 Å². The van der Waals surface area contributed by atoms with Gasteiger partial charge in [0, 0.05) is 31.8 Å². The molecule has 3 saturated carbocycles. The zero-order chi connectivity index (χ0) is 21.8. The molecule has 7 unspecified atom stereocenters. The Kier molecular flexibility index (Phi) is 5.90. The molecule has 0 aromatic rings. The molecule has 4 rings (SSSR count). The van der Waals surface area contributed by atoms with Crippen molar-refractivity contribution in [2.45, 2.75) is 105 Å². The summed E-state index contributed by atoms with van der Waals surface area (Å²) in [6.45, 7) is 12.1. The molecule has 0 N–H and O–H groups in total. The van der Waals surface area contributed by atoms with Gasteiger partial charge >= 0.3 is 0 Å². The van der Waals surface area contributed by atoms with Gasteiger partial charge in [-0.2, -0.15) is 0 Å². The minimum atomic E-state index is 0.129. The first-order valence-corrected chi connectivity index (χ1v) is 12.9. The van der Waals surface area contributed by atoms with Crippen LogP contribution in [0.5, 0.6) is 0 Å². The van der Waals surface area contributed by atoms with Crippen LogP contribution >= 0.6 is 0 Å². The normalized spacial score (nSPS) is 44.6. The molecule has 4 aliphatic rings. The maximum absolute atomic E-state index is 13.5. The third-order valence-electron chi connectivity index (χ3n) is 10.6. The van der Waals surface area contributed by atoms with Crippen molar-refractivity contribution in [3.63, 3.8) is 0 Å². The number of piperidine rings is 1. The van der Waals surface area contributed by atoms with Crippen molar-refractivity contribution in [2.75, 3.05) is 7.05 Å². The Hall–Kier alpha value is -0.860. The van der Waals surface area contributed by atoms with E-state index in [-0.39, 0.29) is 23.3 Å². The highest BCUT2D eigenvalue weighted by molar-refractivity contribution is 5.86. The molecule has 1 aliphatic heterocycles. The highest BCUT2D eigenvalue weighted by Crippen LogP contribution is 2.66. The van der Waals surface area contributed by atoms with Crippen LogP contribution in [0.2, 0.25) is 0 Å². The fourth-order valence-corrected chi connectivity index (χ4v) is 8.82. The molecule has 3 heteroatoms. The monoisotopic (exact) mass is 415 g/mol. The summed E-state index contributed by atoms with van der Waals surface area (Å²) < 4.78 is 0. The van der Waals surface area contributed by atoms with E-state index >= 15 is 0 Å². The fourth-order valence-electron chi connectivity index (χ4n) is 8.82. The summed E-state index contributed by atoms with van der Waals surface area (Å²) in [5, 5.41) is 0. The average Bonchev–Trinajstić information content (AvgIpc) is 3.03. The topological polar surface area (TPSA) is 37.4 Å².